The maximum absolute atomic E-state index is 13.1. The molecule has 2 nitrogen and oxygen atoms in total. The molecule has 0 aromatic heterocycles. The molecule has 0 amide bonds. The van der Waals surface area contributed by atoms with E-state index in [1.54, 1.807) is 6.07 Å². The van der Waals surface area contributed by atoms with E-state index in [4.69, 9.17) is 0 Å². The SMILES string of the molecule is Cc1cc(F)ccc1C(=O)C1CN2CCC1CC2. The van der Waals surface area contributed by atoms with Crippen LogP contribution in [0.5, 0.6) is 0 Å². The summed E-state index contributed by atoms with van der Waals surface area (Å²) < 4.78 is 13.1. The molecule has 0 aliphatic carbocycles. The second-order valence-corrected chi connectivity index (χ2v) is 5.57. The molecule has 1 atom stereocenters. The lowest BCUT2D eigenvalue weighted by Gasteiger charge is -2.44. The summed E-state index contributed by atoms with van der Waals surface area (Å²) in [7, 11) is 0. The first kappa shape index (κ1) is 11.8. The van der Waals surface area contributed by atoms with Gasteiger partial charge >= 0.3 is 0 Å². The Kier molecular flexibility index (Phi) is 2.94. The number of fused-ring (bicyclic) bond motifs is 3. The molecule has 96 valence electrons. The third-order valence-corrected chi connectivity index (χ3v) is 4.45. The summed E-state index contributed by atoms with van der Waals surface area (Å²) in [6.45, 7) is 4.98. The van der Waals surface area contributed by atoms with Crippen LogP contribution < -0.4 is 0 Å². The van der Waals surface area contributed by atoms with Gasteiger partial charge in [0.2, 0.25) is 0 Å². The quantitative estimate of drug-likeness (QED) is 0.749. The van der Waals surface area contributed by atoms with Gasteiger partial charge in [0.25, 0.3) is 0 Å². The molecule has 18 heavy (non-hydrogen) atoms. The van der Waals surface area contributed by atoms with Gasteiger partial charge in [0, 0.05) is 18.0 Å². The normalized spacial score (nSPS) is 30.4. The molecule has 2 bridgehead atoms. The summed E-state index contributed by atoms with van der Waals surface area (Å²) in [5, 5.41) is 0. The number of halogens is 1. The first-order valence-electron chi connectivity index (χ1n) is 6.68. The Labute approximate surface area is 107 Å². The van der Waals surface area contributed by atoms with Gasteiger partial charge in [-0.1, -0.05) is 0 Å². The van der Waals surface area contributed by atoms with Gasteiger partial charge in [-0.25, -0.2) is 4.39 Å². The van der Waals surface area contributed by atoms with E-state index >= 15 is 0 Å². The Morgan fingerprint density at radius 2 is 2.06 bits per heavy atom. The second kappa shape index (κ2) is 4.47. The van der Waals surface area contributed by atoms with Gasteiger partial charge in [-0.2, -0.15) is 0 Å². The average Bonchev–Trinajstić information content (AvgIpc) is 2.39. The Morgan fingerprint density at radius 1 is 1.33 bits per heavy atom. The predicted molar refractivity (Wildman–Crippen MR) is 68.1 cm³/mol. The lowest BCUT2D eigenvalue weighted by atomic mass is 9.75. The minimum Gasteiger partial charge on any atom is -0.303 e. The first-order valence-corrected chi connectivity index (χ1v) is 6.68. The fraction of sp³-hybridized carbons (Fsp3) is 0.533. The third-order valence-electron chi connectivity index (χ3n) is 4.45. The molecular formula is C15H18FNO. The number of hydrogen-bond donors (Lipinski definition) is 0. The number of aryl methyl sites for hydroxylation is 1. The zero-order valence-corrected chi connectivity index (χ0v) is 10.7. The second-order valence-electron chi connectivity index (χ2n) is 5.57. The van der Waals surface area contributed by atoms with Crippen LogP contribution in [0.2, 0.25) is 0 Å². The smallest absolute Gasteiger partial charge is 0.167 e. The minimum atomic E-state index is -0.266. The van der Waals surface area contributed by atoms with Gasteiger partial charge < -0.3 is 4.90 Å². The van der Waals surface area contributed by atoms with Crippen molar-refractivity contribution in [1.82, 2.24) is 4.90 Å². The van der Waals surface area contributed by atoms with Crippen molar-refractivity contribution in [2.75, 3.05) is 19.6 Å². The van der Waals surface area contributed by atoms with Gasteiger partial charge in [-0.3, -0.25) is 4.79 Å². The van der Waals surface area contributed by atoms with Crippen LogP contribution >= 0.6 is 0 Å². The number of hydrogen-bond acceptors (Lipinski definition) is 2. The van der Waals surface area contributed by atoms with E-state index in [0.29, 0.717) is 11.5 Å². The van der Waals surface area contributed by atoms with Crippen molar-refractivity contribution in [3.05, 3.63) is 35.1 Å². The number of carbonyl (C=O) groups excluding carboxylic acids is 1. The highest BCUT2D eigenvalue weighted by atomic mass is 19.1. The Balaban J connectivity index is 1.86. The minimum absolute atomic E-state index is 0.122. The van der Waals surface area contributed by atoms with Crippen LogP contribution in [0.4, 0.5) is 4.39 Å². The van der Waals surface area contributed by atoms with Crippen molar-refractivity contribution in [1.29, 1.82) is 0 Å². The van der Waals surface area contributed by atoms with Crippen LogP contribution in [0.15, 0.2) is 18.2 Å². The highest BCUT2D eigenvalue weighted by molar-refractivity contribution is 5.99. The number of nitrogens with zero attached hydrogens (tertiary/aromatic N) is 1. The highest BCUT2D eigenvalue weighted by Crippen LogP contribution is 2.34. The summed E-state index contributed by atoms with van der Waals surface area (Å²) in [5.74, 6) is 0.600. The van der Waals surface area contributed by atoms with Crippen LogP contribution in [0, 0.1) is 24.6 Å². The maximum Gasteiger partial charge on any atom is 0.167 e. The number of ketones is 1. The van der Waals surface area contributed by atoms with E-state index in [2.05, 4.69) is 4.90 Å². The zero-order chi connectivity index (χ0) is 12.7. The number of piperidine rings is 3. The van der Waals surface area contributed by atoms with Crippen LogP contribution in [0.3, 0.4) is 0 Å². The maximum atomic E-state index is 13.1. The molecule has 0 saturated carbocycles. The van der Waals surface area contributed by atoms with E-state index in [0.717, 1.165) is 38.0 Å². The fourth-order valence-corrected chi connectivity index (χ4v) is 3.37. The molecule has 0 N–H and O–H groups in total. The number of carbonyl (C=O) groups is 1. The van der Waals surface area contributed by atoms with E-state index in [1.165, 1.54) is 12.1 Å². The van der Waals surface area contributed by atoms with Gasteiger partial charge in [-0.05, 0) is 62.5 Å². The van der Waals surface area contributed by atoms with E-state index in [9.17, 15) is 9.18 Å². The van der Waals surface area contributed by atoms with Crippen molar-refractivity contribution >= 4 is 5.78 Å². The van der Waals surface area contributed by atoms with Gasteiger partial charge in [0.15, 0.2) is 5.78 Å². The number of Topliss-reactive ketones (excluding diaryl/α,β-unsaturated/α-hetero) is 1. The molecule has 0 spiro atoms. The Morgan fingerprint density at radius 3 is 2.61 bits per heavy atom. The lowest BCUT2D eigenvalue weighted by Crippen LogP contribution is -2.50. The monoisotopic (exact) mass is 247 g/mol. The van der Waals surface area contributed by atoms with E-state index in [-0.39, 0.29) is 17.5 Å². The average molecular weight is 247 g/mol. The fourth-order valence-electron chi connectivity index (χ4n) is 3.37. The lowest BCUT2D eigenvalue weighted by molar-refractivity contribution is 0.0418. The molecular weight excluding hydrogens is 229 g/mol. The van der Waals surface area contributed by atoms with Crippen molar-refractivity contribution in [3.63, 3.8) is 0 Å². The van der Waals surface area contributed by atoms with Crippen LogP contribution in [-0.2, 0) is 0 Å². The number of benzene rings is 1. The van der Waals surface area contributed by atoms with Crippen molar-refractivity contribution < 1.29 is 9.18 Å². The molecule has 1 aromatic carbocycles. The van der Waals surface area contributed by atoms with Crippen molar-refractivity contribution in [3.8, 4) is 0 Å². The van der Waals surface area contributed by atoms with Crippen LogP contribution in [-0.4, -0.2) is 30.3 Å². The van der Waals surface area contributed by atoms with Crippen LogP contribution in [0.1, 0.15) is 28.8 Å². The Hall–Kier alpha value is -1.22. The highest BCUT2D eigenvalue weighted by Gasteiger charge is 2.38. The summed E-state index contributed by atoms with van der Waals surface area (Å²) in [6.07, 6.45) is 2.27. The predicted octanol–water partition coefficient (Wildman–Crippen LogP) is 2.66. The summed E-state index contributed by atoms with van der Waals surface area (Å²) in [5.41, 5.74) is 1.46. The summed E-state index contributed by atoms with van der Waals surface area (Å²) in [4.78, 5) is 14.9. The molecule has 3 heteroatoms. The van der Waals surface area contributed by atoms with Crippen LogP contribution in [0.25, 0.3) is 0 Å². The molecule has 3 aliphatic rings. The van der Waals surface area contributed by atoms with Gasteiger partial charge in [-0.15, -0.1) is 0 Å². The standard InChI is InChI=1S/C15H18FNO/c1-10-8-12(16)2-3-13(10)15(18)14-9-17-6-4-11(14)5-7-17/h2-3,8,11,14H,4-7,9H2,1H3. The summed E-state index contributed by atoms with van der Waals surface area (Å²) >= 11 is 0. The van der Waals surface area contributed by atoms with Gasteiger partial charge in [0.05, 0.1) is 0 Å². The van der Waals surface area contributed by atoms with Crippen molar-refractivity contribution in [2.24, 2.45) is 11.8 Å². The number of rotatable bonds is 2. The molecule has 0 radical (unpaired) electrons. The first-order chi connectivity index (χ1) is 8.65. The molecule has 3 aliphatic heterocycles. The molecule has 3 saturated heterocycles. The molecule has 4 rings (SSSR count). The largest absolute Gasteiger partial charge is 0.303 e. The van der Waals surface area contributed by atoms with Gasteiger partial charge in [0.1, 0.15) is 5.82 Å². The topological polar surface area (TPSA) is 20.3 Å². The molecule has 1 unspecified atom stereocenters. The summed E-state index contributed by atoms with van der Waals surface area (Å²) in [6, 6.07) is 4.49. The molecule has 3 fully saturated rings. The van der Waals surface area contributed by atoms with Crippen molar-refractivity contribution in [2.45, 2.75) is 19.8 Å². The molecule has 1 aromatic rings. The third kappa shape index (κ3) is 1.97. The Bertz CT molecular complexity index is 477. The van der Waals surface area contributed by atoms with E-state index < -0.39 is 0 Å². The van der Waals surface area contributed by atoms with E-state index in [1.807, 2.05) is 6.92 Å². The zero-order valence-electron chi connectivity index (χ0n) is 10.7. The molecule has 3 heterocycles.